The number of H-pyrrole nitrogens is 1. The zero-order valence-corrected chi connectivity index (χ0v) is 10.3. The molecule has 1 unspecified atom stereocenters. The topological polar surface area (TPSA) is 74.8 Å². The van der Waals surface area contributed by atoms with Crippen molar-refractivity contribution in [3.8, 4) is 0 Å². The third-order valence-electron chi connectivity index (χ3n) is 1.56. The number of nitrogens with zero attached hydrogens (tertiary/aromatic N) is 1. The summed E-state index contributed by atoms with van der Waals surface area (Å²) in [7, 11) is -3.45. The number of halogens is 1. The molecule has 0 aromatic carbocycles. The van der Waals surface area contributed by atoms with Crippen LogP contribution in [0, 0.1) is 6.92 Å². The Morgan fingerprint density at radius 2 is 2.36 bits per heavy atom. The maximum Gasteiger partial charge on any atom is 0.257 e. The Morgan fingerprint density at radius 1 is 1.71 bits per heavy atom. The van der Waals surface area contributed by atoms with Gasteiger partial charge in [0.2, 0.25) is 0 Å². The van der Waals surface area contributed by atoms with Crippen molar-refractivity contribution in [1.29, 1.82) is 0 Å². The number of sulfonamides is 1. The Balaban J connectivity index is 2.86. The van der Waals surface area contributed by atoms with E-state index in [1.165, 1.54) is 6.20 Å². The minimum absolute atomic E-state index is 0.0998. The zero-order valence-electron chi connectivity index (χ0n) is 7.91. The number of imidazole rings is 1. The predicted molar refractivity (Wildman–Crippen MR) is 56.9 cm³/mol. The number of hydrogen-bond donors (Lipinski definition) is 2. The molecule has 5 nitrogen and oxygen atoms in total. The van der Waals surface area contributed by atoms with Crippen LogP contribution in [0.5, 0.6) is 0 Å². The van der Waals surface area contributed by atoms with Gasteiger partial charge in [0.1, 0.15) is 5.82 Å². The summed E-state index contributed by atoms with van der Waals surface area (Å²) < 4.78 is 25.7. The van der Waals surface area contributed by atoms with E-state index in [0.717, 1.165) is 0 Å². The summed E-state index contributed by atoms with van der Waals surface area (Å²) >= 11 is 3.19. The molecule has 1 aromatic heterocycles. The smallest absolute Gasteiger partial charge is 0.257 e. The normalized spacial score (nSPS) is 14.2. The van der Waals surface area contributed by atoms with Crippen molar-refractivity contribution < 1.29 is 8.42 Å². The van der Waals surface area contributed by atoms with Crippen LogP contribution in [0.3, 0.4) is 0 Å². The average Bonchev–Trinajstić information content (AvgIpc) is 2.51. The highest BCUT2D eigenvalue weighted by Gasteiger charge is 2.18. The van der Waals surface area contributed by atoms with E-state index in [0.29, 0.717) is 11.2 Å². The van der Waals surface area contributed by atoms with Crippen molar-refractivity contribution in [2.24, 2.45) is 0 Å². The SMILES string of the molecule is Cc1ncc(S(=O)(=O)NC(C)CBr)[nH]1. The first-order chi connectivity index (χ1) is 6.45. The second kappa shape index (κ2) is 4.41. The van der Waals surface area contributed by atoms with Crippen molar-refractivity contribution in [2.45, 2.75) is 24.9 Å². The van der Waals surface area contributed by atoms with Crippen LogP contribution in [-0.2, 0) is 10.0 Å². The molecule has 2 N–H and O–H groups in total. The van der Waals surface area contributed by atoms with Crippen LogP contribution in [0.25, 0.3) is 0 Å². The van der Waals surface area contributed by atoms with E-state index in [1.54, 1.807) is 13.8 Å². The molecule has 0 radical (unpaired) electrons. The van der Waals surface area contributed by atoms with Gasteiger partial charge in [-0.1, -0.05) is 15.9 Å². The summed E-state index contributed by atoms with van der Waals surface area (Å²) in [5.41, 5.74) is 0. The maximum atomic E-state index is 11.6. The predicted octanol–water partition coefficient (Wildman–Crippen LogP) is 0.780. The van der Waals surface area contributed by atoms with Crippen molar-refractivity contribution in [3.05, 3.63) is 12.0 Å². The minimum atomic E-state index is -3.45. The summed E-state index contributed by atoms with van der Waals surface area (Å²) in [5.74, 6) is 0.580. The molecule has 1 atom stereocenters. The fraction of sp³-hybridized carbons (Fsp3) is 0.571. The van der Waals surface area contributed by atoms with Gasteiger partial charge in [-0.05, 0) is 13.8 Å². The standard InChI is InChI=1S/C7H12BrN3O2S/c1-5(3-8)11-14(12,13)7-4-9-6(2)10-7/h4-5,11H,3H2,1-2H3,(H,9,10). The average molecular weight is 282 g/mol. The van der Waals surface area contributed by atoms with Gasteiger partial charge in [0.15, 0.2) is 5.03 Å². The Labute approximate surface area is 91.5 Å². The first kappa shape index (κ1) is 11.7. The molecule has 0 amide bonds. The molecule has 0 saturated carbocycles. The minimum Gasteiger partial charge on any atom is -0.332 e. The molecule has 0 aliphatic heterocycles. The quantitative estimate of drug-likeness (QED) is 0.801. The van der Waals surface area contributed by atoms with E-state index in [9.17, 15) is 8.42 Å². The fourth-order valence-corrected chi connectivity index (χ4v) is 2.48. The molecule has 0 saturated heterocycles. The van der Waals surface area contributed by atoms with Crippen molar-refractivity contribution >= 4 is 26.0 Å². The first-order valence-corrected chi connectivity index (χ1v) is 6.66. The van der Waals surface area contributed by atoms with Gasteiger partial charge in [-0.25, -0.2) is 18.1 Å². The molecular weight excluding hydrogens is 270 g/mol. The molecule has 14 heavy (non-hydrogen) atoms. The van der Waals surface area contributed by atoms with E-state index in [1.807, 2.05) is 0 Å². The van der Waals surface area contributed by atoms with E-state index in [2.05, 4.69) is 30.6 Å². The van der Waals surface area contributed by atoms with Crippen molar-refractivity contribution in [2.75, 3.05) is 5.33 Å². The molecule has 0 aliphatic carbocycles. The highest BCUT2D eigenvalue weighted by molar-refractivity contribution is 9.09. The summed E-state index contributed by atoms with van der Waals surface area (Å²) in [4.78, 5) is 6.50. The molecule has 1 aromatic rings. The summed E-state index contributed by atoms with van der Waals surface area (Å²) in [5, 5.41) is 0.669. The molecule has 1 heterocycles. The van der Waals surface area contributed by atoms with Gasteiger partial charge >= 0.3 is 0 Å². The number of aromatic nitrogens is 2. The summed E-state index contributed by atoms with van der Waals surface area (Å²) in [6, 6.07) is -0.149. The molecule has 80 valence electrons. The summed E-state index contributed by atoms with van der Waals surface area (Å²) in [6.07, 6.45) is 1.30. The van der Waals surface area contributed by atoms with Gasteiger partial charge in [-0.15, -0.1) is 0 Å². The molecule has 0 spiro atoms. The van der Waals surface area contributed by atoms with Crippen LogP contribution in [0.15, 0.2) is 11.2 Å². The van der Waals surface area contributed by atoms with Gasteiger partial charge in [0.05, 0.1) is 6.20 Å². The Kier molecular flexibility index (Phi) is 3.68. The van der Waals surface area contributed by atoms with Gasteiger partial charge < -0.3 is 4.98 Å². The second-order valence-corrected chi connectivity index (χ2v) is 5.34. The lowest BCUT2D eigenvalue weighted by atomic mass is 10.4. The number of hydrogen-bond acceptors (Lipinski definition) is 3. The van der Waals surface area contributed by atoms with Crippen LogP contribution in [-0.4, -0.2) is 29.8 Å². The van der Waals surface area contributed by atoms with Gasteiger partial charge in [0, 0.05) is 11.4 Å². The number of alkyl halides is 1. The molecule has 0 fully saturated rings. The van der Waals surface area contributed by atoms with E-state index < -0.39 is 10.0 Å². The van der Waals surface area contributed by atoms with Crippen molar-refractivity contribution in [3.63, 3.8) is 0 Å². The van der Waals surface area contributed by atoms with E-state index in [-0.39, 0.29) is 11.1 Å². The molecular formula is C7H12BrN3O2S. The second-order valence-electron chi connectivity index (χ2n) is 3.01. The highest BCUT2D eigenvalue weighted by Crippen LogP contribution is 2.06. The van der Waals surface area contributed by atoms with Crippen LogP contribution >= 0.6 is 15.9 Å². The zero-order chi connectivity index (χ0) is 10.8. The summed E-state index contributed by atoms with van der Waals surface area (Å²) in [6.45, 7) is 3.47. The third kappa shape index (κ3) is 2.79. The fourth-order valence-electron chi connectivity index (χ4n) is 0.895. The van der Waals surface area contributed by atoms with E-state index >= 15 is 0 Å². The van der Waals surface area contributed by atoms with E-state index in [4.69, 9.17) is 0 Å². The Hall–Kier alpha value is -0.400. The van der Waals surface area contributed by atoms with Gasteiger partial charge in [-0.2, -0.15) is 0 Å². The van der Waals surface area contributed by atoms with Crippen molar-refractivity contribution in [1.82, 2.24) is 14.7 Å². The van der Waals surface area contributed by atoms with Crippen LogP contribution in [0.4, 0.5) is 0 Å². The van der Waals surface area contributed by atoms with Crippen LogP contribution in [0.2, 0.25) is 0 Å². The first-order valence-electron chi connectivity index (χ1n) is 4.05. The Morgan fingerprint density at radius 3 is 2.79 bits per heavy atom. The molecule has 0 aliphatic rings. The number of aryl methyl sites for hydroxylation is 1. The molecule has 7 heteroatoms. The van der Waals surface area contributed by atoms with Crippen LogP contribution in [0.1, 0.15) is 12.7 Å². The lowest BCUT2D eigenvalue weighted by Crippen LogP contribution is -2.33. The maximum absolute atomic E-state index is 11.6. The van der Waals surface area contributed by atoms with Crippen LogP contribution < -0.4 is 4.72 Å². The molecule has 0 bridgehead atoms. The monoisotopic (exact) mass is 281 g/mol. The lowest BCUT2D eigenvalue weighted by Gasteiger charge is -2.09. The number of rotatable bonds is 4. The highest BCUT2D eigenvalue weighted by atomic mass is 79.9. The van der Waals surface area contributed by atoms with Gasteiger partial charge in [-0.3, -0.25) is 0 Å². The number of nitrogens with one attached hydrogen (secondary N) is 2. The number of aromatic amines is 1. The molecule has 1 rings (SSSR count). The van der Waals surface area contributed by atoms with Gasteiger partial charge in [0.25, 0.3) is 10.0 Å². The lowest BCUT2D eigenvalue weighted by molar-refractivity contribution is 0.568. The largest absolute Gasteiger partial charge is 0.332 e. The Bertz CT molecular complexity index is 401. The third-order valence-corrected chi connectivity index (χ3v) is 4.03.